The number of hydrogen-bond donors (Lipinski definition) is 0. The zero-order chi connectivity index (χ0) is 9.97. The third kappa shape index (κ3) is 1.37. The minimum Gasteiger partial charge on any atom is -0.497 e. The number of benzene rings is 1. The fraction of sp³-hybridized carbons (Fsp3) is 0.182. The summed E-state index contributed by atoms with van der Waals surface area (Å²) in [6.07, 6.45) is 3.66. The molecule has 0 bridgehead atoms. The van der Waals surface area contributed by atoms with Crippen molar-refractivity contribution in [3.63, 3.8) is 0 Å². The lowest BCUT2D eigenvalue weighted by atomic mass is 10.3. The van der Waals surface area contributed by atoms with Gasteiger partial charge in [-0.05, 0) is 12.1 Å². The van der Waals surface area contributed by atoms with E-state index in [1.807, 2.05) is 35.2 Å². The largest absolute Gasteiger partial charge is 0.497 e. The Morgan fingerprint density at radius 2 is 2.43 bits per heavy atom. The fourth-order valence-corrected chi connectivity index (χ4v) is 1.46. The van der Waals surface area contributed by atoms with Crippen LogP contribution in [0.2, 0.25) is 0 Å². The van der Waals surface area contributed by atoms with Crippen LogP contribution in [-0.2, 0) is 6.54 Å². The SMILES string of the molecule is C=CCn1cnc2cc(OC)ccc21. The normalized spacial score (nSPS) is 10.4. The molecule has 0 aliphatic heterocycles. The first kappa shape index (κ1) is 8.81. The van der Waals surface area contributed by atoms with E-state index in [1.54, 1.807) is 7.11 Å². The molecule has 0 spiro atoms. The van der Waals surface area contributed by atoms with Gasteiger partial charge in [-0.15, -0.1) is 6.58 Å². The summed E-state index contributed by atoms with van der Waals surface area (Å²) in [7, 11) is 1.65. The number of hydrogen-bond acceptors (Lipinski definition) is 2. The van der Waals surface area contributed by atoms with E-state index < -0.39 is 0 Å². The number of nitrogens with zero attached hydrogens (tertiary/aromatic N) is 2. The van der Waals surface area contributed by atoms with Crippen LogP contribution >= 0.6 is 0 Å². The second kappa shape index (κ2) is 3.54. The van der Waals surface area contributed by atoms with Gasteiger partial charge in [0.2, 0.25) is 0 Å². The van der Waals surface area contributed by atoms with Crippen molar-refractivity contribution in [1.29, 1.82) is 0 Å². The first-order chi connectivity index (χ1) is 6.85. The fourth-order valence-electron chi connectivity index (χ4n) is 1.46. The van der Waals surface area contributed by atoms with E-state index in [4.69, 9.17) is 4.74 Å². The van der Waals surface area contributed by atoms with Crippen molar-refractivity contribution < 1.29 is 4.74 Å². The van der Waals surface area contributed by atoms with Crippen LogP contribution in [-0.4, -0.2) is 16.7 Å². The Hall–Kier alpha value is -1.77. The number of ether oxygens (including phenoxy) is 1. The van der Waals surface area contributed by atoms with Crippen LogP contribution < -0.4 is 4.74 Å². The molecule has 0 radical (unpaired) electrons. The van der Waals surface area contributed by atoms with E-state index in [1.165, 1.54) is 0 Å². The van der Waals surface area contributed by atoms with Crippen molar-refractivity contribution in [2.75, 3.05) is 7.11 Å². The van der Waals surface area contributed by atoms with Gasteiger partial charge < -0.3 is 9.30 Å². The predicted octanol–water partition coefficient (Wildman–Crippen LogP) is 2.23. The molecule has 14 heavy (non-hydrogen) atoms. The molecule has 2 rings (SSSR count). The Morgan fingerprint density at radius 3 is 3.14 bits per heavy atom. The minimum absolute atomic E-state index is 0.781. The summed E-state index contributed by atoms with van der Waals surface area (Å²) in [5.74, 6) is 0.835. The first-order valence-corrected chi connectivity index (χ1v) is 4.45. The van der Waals surface area contributed by atoms with Crippen molar-refractivity contribution in [3.05, 3.63) is 37.2 Å². The third-order valence-corrected chi connectivity index (χ3v) is 2.15. The van der Waals surface area contributed by atoms with Crippen LogP contribution in [0.3, 0.4) is 0 Å². The highest BCUT2D eigenvalue weighted by Gasteiger charge is 2.01. The Balaban J connectivity index is 2.53. The Morgan fingerprint density at radius 1 is 1.57 bits per heavy atom. The Bertz CT molecular complexity index is 459. The number of allylic oxidation sites excluding steroid dienone is 1. The van der Waals surface area contributed by atoms with E-state index in [9.17, 15) is 0 Å². The van der Waals surface area contributed by atoms with E-state index in [-0.39, 0.29) is 0 Å². The molecule has 1 aromatic heterocycles. The van der Waals surface area contributed by atoms with Gasteiger partial charge in [-0.25, -0.2) is 4.98 Å². The average molecular weight is 188 g/mol. The minimum atomic E-state index is 0.781. The van der Waals surface area contributed by atoms with Crippen molar-refractivity contribution >= 4 is 11.0 Å². The average Bonchev–Trinajstić information content (AvgIpc) is 2.61. The number of fused-ring (bicyclic) bond motifs is 1. The molecule has 0 atom stereocenters. The summed E-state index contributed by atoms with van der Waals surface area (Å²) < 4.78 is 7.17. The zero-order valence-corrected chi connectivity index (χ0v) is 8.10. The van der Waals surface area contributed by atoms with Gasteiger partial charge in [-0.2, -0.15) is 0 Å². The summed E-state index contributed by atoms with van der Waals surface area (Å²) in [6.45, 7) is 4.48. The highest BCUT2D eigenvalue weighted by molar-refractivity contribution is 5.77. The number of imidazole rings is 1. The molecule has 0 saturated carbocycles. The predicted molar refractivity (Wildman–Crippen MR) is 56.5 cm³/mol. The molecular weight excluding hydrogens is 176 g/mol. The molecule has 3 heteroatoms. The first-order valence-electron chi connectivity index (χ1n) is 4.45. The molecular formula is C11H12N2O. The van der Waals surface area contributed by atoms with Gasteiger partial charge in [-0.1, -0.05) is 6.08 Å². The highest BCUT2D eigenvalue weighted by Crippen LogP contribution is 2.19. The molecule has 72 valence electrons. The quantitative estimate of drug-likeness (QED) is 0.690. The Labute approximate surface area is 82.6 Å². The molecule has 0 saturated heterocycles. The summed E-state index contributed by atoms with van der Waals surface area (Å²) >= 11 is 0. The van der Waals surface area contributed by atoms with Crippen LogP contribution in [0.4, 0.5) is 0 Å². The van der Waals surface area contributed by atoms with Gasteiger partial charge in [0.15, 0.2) is 0 Å². The summed E-state index contributed by atoms with van der Waals surface area (Å²) in [5.41, 5.74) is 2.05. The van der Waals surface area contributed by atoms with Gasteiger partial charge in [0.1, 0.15) is 5.75 Å². The number of methoxy groups -OCH3 is 1. The van der Waals surface area contributed by atoms with Crippen LogP contribution in [0.25, 0.3) is 11.0 Å². The third-order valence-electron chi connectivity index (χ3n) is 2.15. The molecule has 1 aromatic carbocycles. The van der Waals surface area contributed by atoms with Crippen molar-refractivity contribution in [3.8, 4) is 5.75 Å². The van der Waals surface area contributed by atoms with E-state index in [0.29, 0.717) is 0 Å². The molecule has 0 unspecified atom stereocenters. The van der Waals surface area contributed by atoms with Crippen LogP contribution in [0, 0.1) is 0 Å². The molecule has 0 aliphatic rings. The lowest BCUT2D eigenvalue weighted by molar-refractivity contribution is 0.415. The van der Waals surface area contributed by atoms with Gasteiger partial charge in [0.05, 0.1) is 24.5 Å². The molecule has 3 nitrogen and oxygen atoms in total. The maximum absolute atomic E-state index is 5.12. The van der Waals surface area contributed by atoms with Gasteiger partial charge in [-0.3, -0.25) is 0 Å². The van der Waals surface area contributed by atoms with Gasteiger partial charge in [0, 0.05) is 12.6 Å². The van der Waals surface area contributed by atoms with E-state index >= 15 is 0 Å². The second-order valence-electron chi connectivity index (χ2n) is 3.04. The van der Waals surface area contributed by atoms with Crippen LogP contribution in [0.15, 0.2) is 37.2 Å². The number of aromatic nitrogens is 2. The van der Waals surface area contributed by atoms with E-state index in [0.717, 1.165) is 23.3 Å². The Kier molecular flexibility index (Phi) is 2.23. The van der Waals surface area contributed by atoms with Crippen LogP contribution in [0.1, 0.15) is 0 Å². The standard InChI is InChI=1S/C11H12N2O/c1-3-6-13-8-12-10-7-9(14-2)4-5-11(10)13/h3-5,7-8H,1,6H2,2H3. The molecule has 0 N–H and O–H groups in total. The molecule has 2 aromatic rings. The number of rotatable bonds is 3. The monoisotopic (exact) mass is 188 g/mol. The topological polar surface area (TPSA) is 27.1 Å². The smallest absolute Gasteiger partial charge is 0.121 e. The maximum Gasteiger partial charge on any atom is 0.121 e. The summed E-state index contributed by atoms with van der Waals surface area (Å²) in [5, 5.41) is 0. The zero-order valence-electron chi connectivity index (χ0n) is 8.10. The second-order valence-corrected chi connectivity index (χ2v) is 3.04. The van der Waals surface area contributed by atoms with E-state index in [2.05, 4.69) is 11.6 Å². The van der Waals surface area contributed by atoms with Crippen LogP contribution in [0.5, 0.6) is 5.75 Å². The van der Waals surface area contributed by atoms with Crippen molar-refractivity contribution in [1.82, 2.24) is 9.55 Å². The van der Waals surface area contributed by atoms with Crippen molar-refractivity contribution in [2.45, 2.75) is 6.54 Å². The molecule has 0 aliphatic carbocycles. The van der Waals surface area contributed by atoms with Gasteiger partial charge in [0.25, 0.3) is 0 Å². The van der Waals surface area contributed by atoms with Crippen molar-refractivity contribution in [2.24, 2.45) is 0 Å². The molecule has 0 fully saturated rings. The lowest BCUT2D eigenvalue weighted by Crippen LogP contribution is -1.91. The summed E-state index contributed by atoms with van der Waals surface area (Å²) in [4.78, 5) is 4.28. The molecule has 1 heterocycles. The highest BCUT2D eigenvalue weighted by atomic mass is 16.5. The van der Waals surface area contributed by atoms with Gasteiger partial charge >= 0.3 is 0 Å². The molecule has 0 amide bonds. The lowest BCUT2D eigenvalue weighted by Gasteiger charge is -2.01. The maximum atomic E-state index is 5.12. The summed E-state index contributed by atoms with van der Waals surface area (Å²) in [6, 6.07) is 5.86.